The summed E-state index contributed by atoms with van der Waals surface area (Å²) in [6.45, 7) is 2.17. The number of rotatable bonds is 8. The summed E-state index contributed by atoms with van der Waals surface area (Å²) in [5, 5.41) is 4.17. The number of carbonyl (C=O) groups excluding carboxylic acids is 1. The lowest BCUT2D eigenvalue weighted by Gasteiger charge is -2.29. The van der Waals surface area contributed by atoms with Gasteiger partial charge in [0.15, 0.2) is 11.5 Å². The van der Waals surface area contributed by atoms with E-state index in [0.29, 0.717) is 60.3 Å². The third kappa shape index (κ3) is 5.64. The number of ether oxygens (including phenoxy) is 4. The van der Waals surface area contributed by atoms with Gasteiger partial charge in [0.2, 0.25) is 11.2 Å². The number of benzene rings is 2. The molecule has 2 heterocycles. The topological polar surface area (TPSA) is 104 Å². The Labute approximate surface area is 230 Å². The van der Waals surface area contributed by atoms with Gasteiger partial charge in [-0.25, -0.2) is 9.82 Å². The summed E-state index contributed by atoms with van der Waals surface area (Å²) in [6, 6.07) is 6.43. The second kappa shape index (κ2) is 11.9. The van der Waals surface area contributed by atoms with Crippen LogP contribution in [-0.4, -0.2) is 64.3 Å². The zero-order valence-corrected chi connectivity index (χ0v) is 22.7. The number of nitrogens with zero attached hydrogens (tertiary/aromatic N) is 3. The van der Waals surface area contributed by atoms with Crippen molar-refractivity contribution < 1.29 is 28.1 Å². The van der Waals surface area contributed by atoms with Crippen molar-refractivity contribution in [2.75, 3.05) is 52.5 Å². The molecule has 1 aromatic heterocycles. The Morgan fingerprint density at radius 3 is 2.33 bits per heavy atom. The molecule has 2 aromatic carbocycles. The van der Waals surface area contributed by atoms with E-state index in [2.05, 4.69) is 10.5 Å². The monoisotopic (exact) mass is 560 g/mol. The number of fused-ring (bicyclic) bond motifs is 1. The average molecular weight is 561 g/mol. The lowest BCUT2D eigenvalue weighted by Crippen LogP contribution is -2.37. The Morgan fingerprint density at radius 2 is 1.74 bits per heavy atom. The lowest BCUT2D eigenvalue weighted by atomic mass is 10.1. The molecule has 12 heteroatoms. The summed E-state index contributed by atoms with van der Waals surface area (Å²) in [4.78, 5) is 28.2. The first-order valence-corrected chi connectivity index (χ1v) is 12.3. The molecule has 0 spiro atoms. The highest BCUT2D eigenvalue weighted by Crippen LogP contribution is 2.39. The molecule has 1 aliphatic heterocycles. The fourth-order valence-electron chi connectivity index (χ4n) is 4.62. The van der Waals surface area contributed by atoms with E-state index in [1.165, 1.54) is 33.6 Å². The third-order valence-corrected chi connectivity index (χ3v) is 6.70. The summed E-state index contributed by atoms with van der Waals surface area (Å²) < 4.78 is 38.4. The lowest BCUT2D eigenvalue weighted by molar-refractivity contribution is 0.0953. The van der Waals surface area contributed by atoms with Crippen LogP contribution in [0.3, 0.4) is 0 Å². The van der Waals surface area contributed by atoms with Crippen molar-refractivity contribution >= 4 is 41.1 Å². The van der Waals surface area contributed by atoms with Crippen LogP contribution in [0.15, 0.2) is 40.4 Å². The molecule has 39 heavy (non-hydrogen) atoms. The van der Waals surface area contributed by atoms with Gasteiger partial charge in [-0.3, -0.25) is 9.59 Å². The highest BCUT2D eigenvalue weighted by Gasteiger charge is 2.28. The summed E-state index contributed by atoms with van der Waals surface area (Å²) >= 11 is 0. The van der Waals surface area contributed by atoms with Gasteiger partial charge in [-0.05, 0) is 37.1 Å². The van der Waals surface area contributed by atoms with Gasteiger partial charge in [0.1, 0.15) is 11.4 Å². The van der Waals surface area contributed by atoms with Crippen LogP contribution in [0.1, 0.15) is 34.8 Å². The predicted molar refractivity (Wildman–Crippen MR) is 148 cm³/mol. The first-order chi connectivity index (χ1) is 18.4. The van der Waals surface area contributed by atoms with E-state index in [1.807, 2.05) is 9.47 Å². The Hall–Kier alpha value is -3.83. The SMILES string of the molecule is COc1cc(/C=N\NC(=O)c2cn(C3CC3)c3cc(N4CCOCC4)c(F)cc3c2=O)cc(OC)c1OC.Cl. The third-order valence-electron chi connectivity index (χ3n) is 6.70. The number of anilines is 1. The van der Waals surface area contributed by atoms with Crippen LogP contribution in [0, 0.1) is 5.82 Å². The molecule has 208 valence electrons. The Morgan fingerprint density at radius 1 is 1.08 bits per heavy atom. The maximum atomic E-state index is 15.1. The van der Waals surface area contributed by atoms with Gasteiger partial charge in [-0.1, -0.05) is 0 Å². The van der Waals surface area contributed by atoms with Gasteiger partial charge in [0.25, 0.3) is 5.91 Å². The van der Waals surface area contributed by atoms with Crippen LogP contribution in [0.2, 0.25) is 0 Å². The molecule has 1 saturated heterocycles. The molecule has 3 aromatic rings. The van der Waals surface area contributed by atoms with E-state index in [4.69, 9.17) is 18.9 Å². The molecule has 1 aliphatic carbocycles. The van der Waals surface area contributed by atoms with Crippen molar-refractivity contribution in [2.45, 2.75) is 18.9 Å². The molecular formula is C27H30ClFN4O6. The summed E-state index contributed by atoms with van der Waals surface area (Å²) in [5.74, 6) is 0.0985. The van der Waals surface area contributed by atoms with Gasteiger partial charge >= 0.3 is 0 Å². The van der Waals surface area contributed by atoms with Crippen molar-refractivity contribution in [2.24, 2.45) is 5.10 Å². The summed E-state index contributed by atoms with van der Waals surface area (Å²) in [7, 11) is 4.50. The van der Waals surface area contributed by atoms with E-state index < -0.39 is 17.2 Å². The number of amides is 1. The number of hydrazone groups is 1. The van der Waals surface area contributed by atoms with E-state index in [9.17, 15) is 9.59 Å². The number of carbonyl (C=O) groups is 1. The first kappa shape index (κ1) is 28.2. The maximum Gasteiger partial charge on any atom is 0.276 e. The molecule has 1 saturated carbocycles. The van der Waals surface area contributed by atoms with Crippen LogP contribution in [0.5, 0.6) is 17.2 Å². The number of hydrogen-bond acceptors (Lipinski definition) is 8. The highest BCUT2D eigenvalue weighted by atomic mass is 35.5. The normalized spacial score (nSPS) is 15.2. The number of halogens is 2. The molecule has 0 bridgehead atoms. The molecule has 5 rings (SSSR count). The molecule has 0 radical (unpaired) electrons. The molecule has 10 nitrogen and oxygen atoms in total. The Kier molecular flexibility index (Phi) is 8.61. The molecule has 1 N–H and O–H groups in total. The molecule has 2 aliphatic rings. The zero-order chi connectivity index (χ0) is 26.8. The minimum absolute atomic E-state index is 0. The summed E-state index contributed by atoms with van der Waals surface area (Å²) in [6.07, 6.45) is 4.79. The largest absolute Gasteiger partial charge is 0.493 e. The van der Waals surface area contributed by atoms with Gasteiger partial charge < -0.3 is 28.4 Å². The van der Waals surface area contributed by atoms with Crippen LogP contribution in [0.4, 0.5) is 10.1 Å². The zero-order valence-electron chi connectivity index (χ0n) is 21.9. The smallest absolute Gasteiger partial charge is 0.276 e. The van der Waals surface area contributed by atoms with Crippen molar-refractivity contribution in [3.63, 3.8) is 0 Å². The van der Waals surface area contributed by atoms with Gasteiger partial charge in [-0.15, -0.1) is 12.4 Å². The minimum atomic E-state index is -0.687. The van der Waals surface area contributed by atoms with E-state index in [1.54, 1.807) is 24.4 Å². The van der Waals surface area contributed by atoms with Crippen molar-refractivity contribution in [3.8, 4) is 17.2 Å². The minimum Gasteiger partial charge on any atom is -0.493 e. The molecule has 2 fully saturated rings. The first-order valence-electron chi connectivity index (χ1n) is 12.3. The van der Waals surface area contributed by atoms with Gasteiger partial charge in [-0.2, -0.15) is 5.10 Å². The Bertz CT molecular complexity index is 1440. The highest BCUT2D eigenvalue weighted by molar-refractivity contribution is 5.98. The second-order valence-electron chi connectivity index (χ2n) is 9.09. The van der Waals surface area contributed by atoms with E-state index >= 15 is 4.39 Å². The van der Waals surface area contributed by atoms with Crippen molar-refractivity contribution in [1.82, 2.24) is 9.99 Å². The van der Waals surface area contributed by atoms with Gasteiger partial charge in [0.05, 0.1) is 52.0 Å². The standard InChI is InChI=1S/C27H29FN4O6.ClH/c1-35-23-10-16(11-24(36-2)26(23)37-3)14-29-30-27(34)19-15-32(17-4-5-17)21-13-22(31-6-8-38-9-7-31)20(28)12-18(21)25(19)33;/h10-15,17H,4-9H2,1-3H3,(H,30,34);1H/b29-14-;. The van der Waals surface area contributed by atoms with E-state index in [-0.39, 0.29) is 29.4 Å². The summed E-state index contributed by atoms with van der Waals surface area (Å²) in [5.41, 5.74) is 3.37. The number of nitrogens with one attached hydrogen (secondary N) is 1. The maximum absolute atomic E-state index is 15.1. The van der Waals surface area contributed by atoms with Crippen LogP contribution < -0.4 is 30.0 Å². The molecular weight excluding hydrogens is 531 g/mol. The number of hydrogen-bond donors (Lipinski definition) is 1. The van der Waals surface area contributed by atoms with Crippen LogP contribution in [-0.2, 0) is 4.74 Å². The molecule has 1 amide bonds. The van der Waals surface area contributed by atoms with Crippen LogP contribution >= 0.6 is 12.4 Å². The van der Waals surface area contributed by atoms with E-state index in [0.717, 1.165) is 12.8 Å². The second-order valence-corrected chi connectivity index (χ2v) is 9.09. The fourth-order valence-corrected chi connectivity index (χ4v) is 4.62. The van der Waals surface area contributed by atoms with Crippen LogP contribution in [0.25, 0.3) is 10.9 Å². The fraction of sp³-hybridized carbons (Fsp3) is 0.370. The molecule has 0 unspecified atom stereocenters. The number of pyridine rings is 1. The number of morpholine rings is 1. The van der Waals surface area contributed by atoms with Crippen molar-refractivity contribution in [1.29, 1.82) is 0 Å². The van der Waals surface area contributed by atoms with Gasteiger partial charge in [0, 0.05) is 36.3 Å². The molecule has 0 atom stereocenters. The Balaban J connectivity index is 0.00000353. The number of aromatic nitrogens is 1. The van der Waals surface area contributed by atoms with Crippen molar-refractivity contribution in [3.05, 3.63) is 57.6 Å². The quantitative estimate of drug-likeness (QED) is 0.332. The average Bonchev–Trinajstić information content (AvgIpc) is 3.78. The number of methoxy groups -OCH3 is 3. The predicted octanol–water partition coefficient (Wildman–Crippen LogP) is 3.52.